The fraction of sp³-hybridized carbons (Fsp3) is 0.471. The van der Waals surface area contributed by atoms with E-state index in [0.29, 0.717) is 31.5 Å². The summed E-state index contributed by atoms with van der Waals surface area (Å²) in [6.07, 6.45) is 3.83. The van der Waals surface area contributed by atoms with Crippen molar-refractivity contribution in [1.82, 2.24) is 15.5 Å². The zero-order valence-corrected chi connectivity index (χ0v) is 14.7. The molecular formula is C17H23ClN4O3. The van der Waals surface area contributed by atoms with Crippen LogP contribution < -0.4 is 16.4 Å². The molecule has 2 aliphatic rings. The lowest BCUT2D eigenvalue weighted by molar-refractivity contribution is -0.134. The number of nitrogens with one attached hydrogen (secondary N) is 2. The Hall–Kier alpha value is -2.28. The van der Waals surface area contributed by atoms with Crippen molar-refractivity contribution in [2.45, 2.75) is 37.6 Å². The lowest BCUT2D eigenvalue weighted by Crippen LogP contribution is -2.45. The van der Waals surface area contributed by atoms with Crippen LogP contribution in [0.4, 0.5) is 10.5 Å². The van der Waals surface area contributed by atoms with Crippen LogP contribution in [0.25, 0.3) is 0 Å². The standard InChI is InChI=1S/C17H22N4O3.ClH/c18-13-5-3-12(4-6-13)7-10-19-14(22)11-21-15(23)17(20-16(21)24)8-1-2-9-17;/h3-6H,1-2,7-11,18H2,(H,19,22)(H,20,24);1H. The third kappa shape index (κ3) is 4.04. The summed E-state index contributed by atoms with van der Waals surface area (Å²) in [6, 6.07) is 6.97. The van der Waals surface area contributed by atoms with Crippen LogP contribution in [0.5, 0.6) is 0 Å². The molecule has 0 unspecified atom stereocenters. The minimum atomic E-state index is -0.763. The monoisotopic (exact) mass is 366 g/mol. The van der Waals surface area contributed by atoms with Crippen LogP contribution in [0.15, 0.2) is 24.3 Å². The lowest BCUT2D eigenvalue weighted by Gasteiger charge is -2.19. The third-order valence-corrected chi connectivity index (χ3v) is 4.72. The van der Waals surface area contributed by atoms with Gasteiger partial charge in [0.1, 0.15) is 12.1 Å². The molecule has 1 aromatic rings. The minimum Gasteiger partial charge on any atom is -0.399 e. The maximum absolute atomic E-state index is 12.5. The maximum atomic E-state index is 12.5. The number of hydrogen-bond acceptors (Lipinski definition) is 4. The van der Waals surface area contributed by atoms with Crippen LogP contribution >= 0.6 is 12.4 Å². The molecule has 2 fully saturated rings. The molecule has 7 nitrogen and oxygen atoms in total. The molecule has 0 aromatic heterocycles. The van der Waals surface area contributed by atoms with Gasteiger partial charge < -0.3 is 16.4 Å². The number of nitrogens with zero attached hydrogens (tertiary/aromatic N) is 1. The Morgan fingerprint density at radius 2 is 1.84 bits per heavy atom. The summed E-state index contributed by atoms with van der Waals surface area (Å²) in [7, 11) is 0. The zero-order chi connectivity index (χ0) is 17.2. The zero-order valence-electron chi connectivity index (χ0n) is 13.9. The Balaban J connectivity index is 0.00000225. The average molecular weight is 367 g/mol. The number of halogens is 1. The predicted molar refractivity (Wildman–Crippen MR) is 96.3 cm³/mol. The van der Waals surface area contributed by atoms with Crippen molar-refractivity contribution in [3.05, 3.63) is 29.8 Å². The molecule has 1 saturated heterocycles. The highest BCUT2D eigenvalue weighted by atomic mass is 35.5. The quantitative estimate of drug-likeness (QED) is 0.538. The molecule has 3 rings (SSSR count). The SMILES string of the molecule is Cl.Nc1ccc(CCNC(=O)CN2C(=O)NC3(CCCC3)C2=O)cc1. The smallest absolute Gasteiger partial charge is 0.325 e. The summed E-state index contributed by atoms with van der Waals surface area (Å²) in [5, 5.41) is 5.52. The van der Waals surface area contributed by atoms with E-state index in [1.54, 1.807) is 0 Å². The normalized spacial score (nSPS) is 18.2. The van der Waals surface area contributed by atoms with Gasteiger partial charge in [-0.25, -0.2) is 4.79 Å². The van der Waals surface area contributed by atoms with Gasteiger partial charge in [0.15, 0.2) is 0 Å². The number of hydrogen-bond donors (Lipinski definition) is 3. The summed E-state index contributed by atoms with van der Waals surface area (Å²) in [5.41, 5.74) is 6.62. The summed E-state index contributed by atoms with van der Waals surface area (Å²) in [6.45, 7) is 0.214. The topological polar surface area (TPSA) is 105 Å². The fourth-order valence-corrected chi connectivity index (χ4v) is 3.37. The van der Waals surface area contributed by atoms with E-state index in [1.165, 1.54) is 0 Å². The van der Waals surface area contributed by atoms with Gasteiger partial charge >= 0.3 is 6.03 Å². The van der Waals surface area contributed by atoms with Gasteiger partial charge in [-0.2, -0.15) is 0 Å². The number of nitrogen functional groups attached to an aromatic ring is 1. The molecule has 25 heavy (non-hydrogen) atoms. The van der Waals surface area contributed by atoms with Crippen molar-refractivity contribution >= 4 is 35.9 Å². The van der Waals surface area contributed by atoms with Gasteiger partial charge in [0.2, 0.25) is 5.91 Å². The first kappa shape index (κ1) is 19.1. The number of urea groups is 1. The Labute approximate surface area is 152 Å². The summed E-state index contributed by atoms with van der Waals surface area (Å²) >= 11 is 0. The Morgan fingerprint density at radius 1 is 1.20 bits per heavy atom. The van der Waals surface area contributed by atoms with Crippen molar-refractivity contribution in [1.29, 1.82) is 0 Å². The van der Waals surface area contributed by atoms with Crippen molar-refractivity contribution in [2.75, 3.05) is 18.8 Å². The van der Waals surface area contributed by atoms with Gasteiger partial charge in [0, 0.05) is 12.2 Å². The maximum Gasteiger partial charge on any atom is 0.325 e. The molecule has 0 atom stereocenters. The minimum absolute atomic E-state index is 0. The molecule has 4 N–H and O–H groups in total. The molecule has 8 heteroatoms. The summed E-state index contributed by atoms with van der Waals surface area (Å²) < 4.78 is 0. The van der Waals surface area contributed by atoms with E-state index in [9.17, 15) is 14.4 Å². The fourth-order valence-electron chi connectivity index (χ4n) is 3.37. The van der Waals surface area contributed by atoms with E-state index < -0.39 is 11.6 Å². The first-order valence-electron chi connectivity index (χ1n) is 8.25. The van der Waals surface area contributed by atoms with E-state index in [-0.39, 0.29) is 30.8 Å². The number of anilines is 1. The molecule has 1 heterocycles. The predicted octanol–water partition coefficient (Wildman–Crippen LogP) is 1.21. The van der Waals surface area contributed by atoms with E-state index in [1.807, 2.05) is 24.3 Å². The van der Waals surface area contributed by atoms with Gasteiger partial charge in [-0.3, -0.25) is 14.5 Å². The Bertz CT molecular complexity index is 656. The summed E-state index contributed by atoms with van der Waals surface area (Å²) in [4.78, 5) is 37.5. The van der Waals surface area contributed by atoms with E-state index in [0.717, 1.165) is 23.3 Å². The second-order valence-corrected chi connectivity index (χ2v) is 6.45. The van der Waals surface area contributed by atoms with Gasteiger partial charge in [0.25, 0.3) is 5.91 Å². The van der Waals surface area contributed by atoms with E-state index >= 15 is 0 Å². The number of amides is 4. The number of imide groups is 1. The largest absolute Gasteiger partial charge is 0.399 e. The molecule has 4 amide bonds. The number of benzene rings is 1. The second kappa shape index (κ2) is 7.74. The molecule has 0 bridgehead atoms. The second-order valence-electron chi connectivity index (χ2n) is 6.45. The van der Waals surface area contributed by atoms with Crippen LogP contribution in [-0.4, -0.2) is 41.4 Å². The lowest BCUT2D eigenvalue weighted by atomic mass is 9.98. The molecule has 1 aliphatic heterocycles. The highest BCUT2D eigenvalue weighted by Gasteiger charge is 2.52. The number of nitrogens with two attached hydrogens (primary N) is 1. The van der Waals surface area contributed by atoms with Crippen molar-refractivity contribution in [3.8, 4) is 0 Å². The number of carbonyl (C=O) groups excluding carboxylic acids is 3. The van der Waals surface area contributed by atoms with Gasteiger partial charge in [-0.15, -0.1) is 12.4 Å². The molecule has 1 aromatic carbocycles. The molecule has 1 spiro atoms. The van der Waals surface area contributed by atoms with Crippen LogP contribution in [0.3, 0.4) is 0 Å². The Morgan fingerprint density at radius 3 is 2.48 bits per heavy atom. The van der Waals surface area contributed by atoms with Gasteiger partial charge in [-0.05, 0) is 37.0 Å². The summed E-state index contributed by atoms with van der Waals surface area (Å²) in [5.74, 6) is -0.595. The first-order valence-corrected chi connectivity index (χ1v) is 8.25. The molecular weight excluding hydrogens is 344 g/mol. The van der Waals surface area contributed by atoms with Crippen molar-refractivity contribution in [3.63, 3.8) is 0 Å². The van der Waals surface area contributed by atoms with Crippen LogP contribution in [0.2, 0.25) is 0 Å². The van der Waals surface area contributed by atoms with Crippen LogP contribution in [-0.2, 0) is 16.0 Å². The Kier molecular flexibility index (Phi) is 5.89. The molecule has 1 aliphatic carbocycles. The molecule has 1 saturated carbocycles. The van der Waals surface area contributed by atoms with Crippen molar-refractivity contribution in [2.24, 2.45) is 0 Å². The van der Waals surface area contributed by atoms with E-state index in [4.69, 9.17) is 5.73 Å². The highest BCUT2D eigenvalue weighted by molar-refractivity contribution is 6.09. The van der Waals surface area contributed by atoms with Crippen LogP contribution in [0, 0.1) is 0 Å². The van der Waals surface area contributed by atoms with Gasteiger partial charge in [-0.1, -0.05) is 25.0 Å². The van der Waals surface area contributed by atoms with E-state index in [2.05, 4.69) is 10.6 Å². The molecule has 136 valence electrons. The average Bonchev–Trinajstić information content (AvgIpc) is 3.11. The van der Waals surface area contributed by atoms with Crippen LogP contribution in [0.1, 0.15) is 31.2 Å². The molecule has 0 radical (unpaired) electrons. The number of carbonyl (C=O) groups is 3. The highest BCUT2D eigenvalue weighted by Crippen LogP contribution is 2.34. The number of rotatable bonds is 5. The first-order chi connectivity index (χ1) is 11.5. The third-order valence-electron chi connectivity index (χ3n) is 4.72. The van der Waals surface area contributed by atoms with Gasteiger partial charge in [0.05, 0.1) is 0 Å². The van der Waals surface area contributed by atoms with Crippen molar-refractivity contribution < 1.29 is 14.4 Å².